The summed E-state index contributed by atoms with van der Waals surface area (Å²) in [6.07, 6.45) is -0.0254. The number of hydrogen-bond acceptors (Lipinski definition) is 3. The summed E-state index contributed by atoms with van der Waals surface area (Å²) in [5.41, 5.74) is -0.320. The Morgan fingerprint density at radius 3 is 1.76 bits per heavy atom. The molecule has 0 spiro atoms. The van der Waals surface area contributed by atoms with E-state index in [4.69, 9.17) is 13.9 Å². The molecule has 0 saturated carbocycles. The average Bonchev–Trinajstić information content (AvgIpc) is 2.70. The van der Waals surface area contributed by atoms with Crippen LogP contribution in [0.2, 0.25) is 0 Å². The Bertz CT molecular complexity index is 724. The second kappa shape index (κ2) is 9.02. The fourth-order valence-corrected chi connectivity index (χ4v) is 7.45. The van der Waals surface area contributed by atoms with Crippen molar-refractivity contribution in [1.29, 1.82) is 0 Å². The third kappa shape index (κ3) is 5.39. The summed E-state index contributed by atoms with van der Waals surface area (Å²) in [6, 6.07) is 21.3. The molecule has 158 valence electrons. The van der Waals surface area contributed by atoms with E-state index in [0.29, 0.717) is 13.2 Å². The van der Waals surface area contributed by atoms with E-state index in [1.807, 2.05) is 13.8 Å². The molecular formula is C24H33BrO3Si. The van der Waals surface area contributed by atoms with Crippen LogP contribution in [0.1, 0.15) is 34.6 Å². The Kier molecular flexibility index (Phi) is 7.06. The molecule has 0 amide bonds. The Morgan fingerprint density at radius 2 is 1.38 bits per heavy atom. The van der Waals surface area contributed by atoms with E-state index < -0.39 is 14.8 Å². The zero-order valence-corrected chi connectivity index (χ0v) is 20.9. The van der Waals surface area contributed by atoms with Gasteiger partial charge in [-0.3, -0.25) is 0 Å². The van der Waals surface area contributed by atoms with Crippen molar-refractivity contribution in [1.82, 2.24) is 0 Å². The van der Waals surface area contributed by atoms with Gasteiger partial charge in [0.1, 0.15) is 0 Å². The molecule has 29 heavy (non-hydrogen) atoms. The maximum Gasteiger partial charge on any atom is 0.240 e. The molecule has 2 aromatic carbocycles. The topological polar surface area (TPSA) is 27.7 Å². The van der Waals surface area contributed by atoms with Crippen molar-refractivity contribution in [2.45, 2.75) is 46.5 Å². The summed E-state index contributed by atoms with van der Waals surface area (Å²) in [5, 5.41) is 3.34. The summed E-state index contributed by atoms with van der Waals surface area (Å²) in [6.45, 7) is 11.9. The number of halogens is 1. The summed E-state index contributed by atoms with van der Waals surface area (Å²) in [7, 11) is -1.90. The van der Waals surface area contributed by atoms with Crippen LogP contribution in [-0.4, -0.2) is 39.5 Å². The SMILES string of the molecule is CC1(C)OCC(CBr)(C(O[SiH](c2ccccc2)c2ccccc2)C(C)(C)C)CO1. The highest BCUT2D eigenvalue weighted by molar-refractivity contribution is 9.09. The van der Waals surface area contributed by atoms with Gasteiger partial charge in [0.05, 0.1) is 24.7 Å². The highest BCUT2D eigenvalue weighted by atomic mass is 79.9. The minimum Gasteiger partial charge on any atom is -0.407 e. The predicted molar refractivity (Wildman–Crippen MR) is 126 cm³/mol. The van der Waals surface area contributed by atoms with Crippen LogP contribution in [0.3, 0.4) is 0 Å². The second-order valence-electron chi connectivity index (χ2n) is 9.56. The van der Waals surface area contributed by atoms with E-state index in [2.05, 4.69) is 97.4 Å². The fourth-order valence-electron chi connectivity index (χ4n) is 4.03. The standard InChI is InChI=1S/C24H33BrO3Si/c1-22(2,3)21(24(16-25)17-26-23(4,5)27-18-24)28-29(19-12-8-6-9-13-19)20-14-10-7-11-15-20/h6-15,21,29H,16-18H2,1-5H3. The summed E-state index contributed by atoms with van der Waals surface area (Å²) >= 11 is 3.78. The number of hydrogen-bond donors (Lipinski definition) is 0. The van der Waals surface area contributed by atoms with Crippen LogP contribution in [0.5, 0.6) is 0 Å². The van der Waals surface area contributed by atoms with Crippen molar-refractivity contribution >= 4 is 35.3 Å². The number of alkyl halides is 1. The minimum atomic E-state index is -1.90. The van der Waals surface area contributed by atoms with E-state index in [1.165, 1.54) is 10.4 Å². The minimum absolute atomic E-state index is 0.0254. The van der Waals surface area contributed by atoms with Gasteiger partial charge in [0, 0.05) is 5.33 Å². The Morgan fingerprint density at radius 1 is 0.931 bits per heavy atom. The van der Waals surface area contributed by atoms with E-state index in [1.54, 1.807) is 0 Å². The van der Waals surface area contributed by atoms with Gasteiger partial charge in [-0.2, -0.15) is 0 Å². The van der Waals surface area contributed by atoms with Crippen molar-refractivity contribution in [3.8, 4) is 0 Å². The molecule has 2 aromatic rings. The van der Waals surface area contributed by atoms with Gasteiger partial charge in [-0.15, -0.1) is 0 Å². The highest BCUT2D eigenvalue weighted by Crippen LogP contribution is 2.43. The first-order chi connectivity index (χ1) is 13.7. The third-order valence-corrected chi connectivity index (χ3v) is 9.14. The van der Waals surface area contributed by atoms with Crippen LogP contribution in [0.15, 0.2) is 60.7 Å². The number of ether oxygens (including phenoxy) is 2. The van der Waals surface area contributed by atoms with Crippen molar-refractivity contribution in [2.75, 3.05) is 18.5 Å². The Hall–Kier alpha value is -0.983. The molecule has 1 atom stereocenters. The molecule has 3 rings (SSSR count). The van der Waals surface area contributed by atoms with Gasteiger partial charge in [0.25, 0.3) is 0 Å². The molecule has 1 saturated heterocycles. The first-order valence-corrected chi connectivity index (χ1v) is 13.0. The second-order valence-corrected chi connectivity index (χ2v) is 12.5. The van der Waals surface area contributed by atoms with Gasteiger partial charge < -0.3 is 13.9 Å². The summed E-state index contributed by atoms with van der Waals surface area (Å²) in [4.78, 5) is 0. The van der Waals surface area contributed by atoms with E-state index >= 15 is 0 Å². The largest absolute Gasteiger partial charge is 0.407 e. The van der Waals surface area contributed by atoms with Gasteiger partial charge >= 0.3 is 0 Å². The van der Waals surface area contributed by atoms with Crippen molar-refractivity contribution < 1.29 is 13.9 Å². The molecule has 3 nitrogen and oxygen atoms in total. The van der Waals surface area contributed by atoms with Crippen LogP contribution in [-0.2, 0) is 13.9 Å². The number of rotatable bonds is 6. The molecule has 5 heteroatoms. The maximum atomic E-state index is 7.14. The Balaban J connectivity index is 1.99. The molecule has 0 aromatic heterocycles. The summed E-state index contributed by atoms with van der Waals surface area (Å²) < 4.78 is 19.4. The summed E-state index contributed by atoms with van der Waals surface area (Å²) in [5.74, 6) is -0.552. The van der Waals surface area contributed by atoms with Crippen LogP contribution in [0.4, 0.5) is 0 Å². The zero-order valence-electron chi connectivity index (χ0n) is 18.2. The third-order valence-electron chi connectivity index (χ3n) is 5.50. The molecular weight excluding hydrogens is 444 g/mol. The van der Waals surface area contributed by atoms with Crippen LogP contribution < -0.4 is 10.4 Å². The van der Waals surface area contributed by atoms with E-state index in [-0.39, 0.29) is 16.9 Å². The van der Waals surface area contributed by atoms with Crippen molar-refractivity contribution in [3.63, 3.8) is 0 Å². The molecule has 1 heterocycles. The fraction of sp³-hybridized carbons (Fsp3) is 0.500. The smallest absolute Gasteiger partial charge is 0.240 e. The molecule has 1 aliphatic rings. The van der Waals surface area contributed by atoms with E-state index in [9.17, 15) is 0 Å². The highest BCUT2D eigenvalue weighted by Gasteiger charge is 2.50. The van der Waals surface area contributed by atoms with Crippen LogP contribution >= 0.6 is 15.9 Å². The lowest BCUT2D eigenvalue weighted by molar-refractivity contribution is -0.298. The average molecular weight is 478 g/mol. The zero-order chi connectivity index (χ0) is 21.1. The van der Waals surface area contributed by atoms with Crippen molar-refractivity contribution in [2.24, 2.45) is 10.8 Å². The van der Waals surface area contributed by atoms with Crippen LogP contribution in [0, 0.1) is 10.8 Å². The molecule has 0 N–H and O–H groups in total. The first-order valence-electron chi connectivity index (χ1n) is 10.3. The molecule has 0 radical (unpaired) electrons. The van der Waals surface area contributed by atoms with Gasteiger partial charge in [-0.05, 0) is 29.6 Å². The van der Waals surface area contributed by atoms with Gasteiger partial charge in [0.2, 0.25) is 9.04 Å². The monoisotopic (exact) mass is 476 g/mol. The molecule has 1 fully saturated rings. The lowest BCUT2D eigenvalue weighted by atomic mass is 9.72. The van der Waals surface area contributed by atoms with Gasteiger partial charge in [0.15, 0.2) is 5.79 Å². The Labute approximate surface area is 185 Å². The molecule has 0 bridgehead atoms. The van der Waals surface area contributed by atoms with E-state index in [0.717, 1.165) is 5.33 Å². The van der Waals surface area contributed by atoms with Crippen molar-refractivity contribution in [3.05, 3.63) is 60.7 Å². The predicted octanol–water partition coefficient (Wildman–Crippen LogP) is 4.12. The number of benzene rings is 2. The van der Waals surface area contributed by atoms with Crippen LogP contribution in [0.25, 0.3) is 0 Å². The maximum absolute atomic E-state index is 7.14. The molecule has 1 unspecified atom stereocenters. The first kappa shape index (κ1) is 22.7. The normalized spacial score (nSPS) is 19.8. The van der Waals surface area contributed by atoms with Gasteiger partial charge in [-0.1, -0.05) is 97.4 Å². The molecule has 0 aliphatic carbocycles. The lowest BCUT2D eigenvalue weighted by Gasteiger charge is -2.51. The van der Waals surface area contributed by atoms with Gasteiger partial charge in [-0.25, -0.2) is 0 Å². The molecule has 1 aliphatic heterocycles. The quantitative estimate of drug-likeness (QED) is 0.463. The lowest BCUT2D eigenvalue weighted by Crippen LogP contribution is -2.61.